The van der Waals surface area contributed by atoms with Crippen LogP contribution in [0.15, 0.2) is 41.3 Å². The molecule has 3 N–H and O–H groups in total. The Morgan fingerprint density at radius 1 is 1.20 bits per heavy atom. The van der Waals surface area contributed by atoms with Gasteiger partial charge in [0.15, 0.2) is 0 Å². The van der Waals surface area contributed by atoms with Gasteiger partial charge in [-0.3, -0.25) is 9.59 Å². The van der Waals surface area contributed by atoms with E-state index in [1.54, 1.807) is 24.4 Å². The first-order valence-corrected chi connectivity index (χ1v) is 6.29. The number of hydrogen-bond acceptors (Lipinski definition) is 3. The third kappa shape index (κ3) is 3.26. The van der Waals surface area contributed by atoms with E-state index in [9.17, 15) is 9.59 Å². The van der Waals surface area contributed by atoms with Crippen molar-refractivity contribution >= 4 is 17.3 Å². The molecule has 5 nitrogen and oxygen atoms in total. The van der Waals surface area contributed by atoms with Crippen molar-refractivity contribution in [2.24, 2.45) is 0 Å². The monoisotopic (exact) mass is 271 g/mol. The molecule has 2 rings (SSSR count). The number of anilines is 2. The van der Waals surface area contributed by atoms with Gasteiger partial charge in [0.25, 0.3) is 5.56 Å². The molecular formula is C15H17N3O2. The van der Waals surface area contributed by atoms with Gasteiger partial charge in [0.05, 0.1) is 11.4 Å². The zero-order valence-corrected chi connectivity index (χ0v) is 11.5. The van der Waals surface area contributed by atoms with Crippen LogP contribution in [0.5, 0.6) is 0 Å². The highest BCUT2D eigenvalue weighted by atomic mass is 16.2. The van der Waals surface area contributed by atoms with Crippen molar-refractivity contribution in [3.63, 3.8) is 0 Å². The zero-order valence-electron chi connectivity index (χ0n) is 11.5. The predicted molar refractivity (Wildman–Crippen MR) is 79.7 cm³/mol. The highest BCUT2D eigenvalue weighted by Gasteiger charge is 2.07. The number of aromatic nitrogens is 1. The number of amides is 1. The van der Waals surface area contributed by atoms with Crippen molar-refractivity contribution in [2.45, 2.75) is 20.4 Å². The summed E-state index contributed by atoms with van der Waals surface area (Å²) in [5, 5.41) is 2.70. The number of aryl methyl sites for hydroxylation is 2. The Balaban J connectivity index is 2.11. The number of hydrogen-bond donors (Lipinski definition) is 2. The van der Waals surface area contributed by atoms with Crippen LogP contribution in [0.2, 0.25) is 0 Å². The van der Waals surface area contributed by atoms with E-state index >= 15 is 0 Å². The smallest absolute Gasteiger partial charge is 0.251 e. The summed E-state index contributed by atoms with van der Waals surface area (Å²) in [5.74, 6) is -0.286. The average Bonchev–Trinajstić information content (AvgIpc) is 2.36. The summed E-state index contributed by atoms with van der Waals surface area (Å²) in [5.41, 5.74) is 8.59. The van der Waals surface area contributed by atoms with Gasteiger partial charge in [-0.1, -0.05) is 6.07 Å². The van der Waals surface area contributed by atoms with Gasteiger partial charge in [-0.25, -0.2) is 0 Å². The molecule has 0 aliphatic rings. The number of nitrogen functional groups attached to an aromatic ring is 1. The molecule has 0 fully saturated rings. The van der Waals surface area contributed by atoms with E-state index in [0.29, 0.717) is 11.4 Å². The van der Waals surface area contributed by atoms with Gasteiger partial charge in [0.1, 0.15) is 6.54 Å². The fourth-order valence-corrected chi connectivity index (χ4v) is 1.88. The number of nitrogens with one attached hydrogen (secondary N) is 1. The molecule has 104 valence electrons. The maximum absolute atomic E-state index is 11.9. The second-order valence-electron chi connectivity index (χ2n) is 4.81. The lowest BCUT2D eigenvalue weighted by Gasteiger charge is -2.10. The van der Waals surface area contributed by atoms with Gasteiger partial charge in [-0.2, -0.15) is 0 Å². The number of carbonyl (C=O) groups is 1. The maximum Gasteiger partial charge on any atom is 0.251 e. The minimum atomic E-state index is -0.286. The summed E-state index contributed by atoms with van der Waals surface area (Å²) in [6, 6.07) is 8.68. The minimum absolute atomic E-state index is 0.0353. The highest BCUT2D eigenvalue weighted by Crippen LogP contribution is 2.19. The summed E-state index contributed by atoms with van der Waals surface area (Å²) in [6.07, 6.45) is 1.61. The fourth-order valence-electron chi connectivity index (χ4n) is 1.88. The fraction of sp³-hybridized carbons (Fsp3) is 0.200. The van der Waals surface area contributed by atoms with Crippen LogP contribution in [0, 0.1) is 13.8 Å². The molecular weight excluding hydrogens is 254 g/mol. The number of rotatable bonds is 3. The Hall–Kier alpha value is -2.56. The number of nitrogens with zero attached hydrogens (tertiary/aromatic N) is 1. The molecule has 0 bridgehead atoms. The SMILES string of the molecule is Cc1ccc(NC(=O)Cn2ccc(C)cc2=O)c(N)c1. The van der Waals surface area contributed by atoms with E-state index in [1.165, 1.54) is 10.6 Å². The topological polar surface area (TPSA) is 77.1 Å². The summed E-state index contributed by atoms with van der Waals surface area (Å²) in [6.45, 7) is 3.72. The summed E-state index contributed by atoms with van der Waals surface area (Å²) in [4.78, 5) is 23.6. The number of nitrogens with two attached hydrogens (primary N) is 1. The van der Waals surface area contributed by atoms with Crippen LogP contribution in [-0.2, 0) is 11.3 Å². The third-order valence-electron chi connectivity index (χ3n) is 2.95. The Kier molecular flexibility index (Phi) is 3.89. The molecule has 1 aromatic heterocycles. The number of carbonyl (C=O) groups excluding carboxylic acids is 1. The van der Waals surface area contributed by atoms with E-state index in [-0.39, 0.29) is 18.0 Å². The molecule has 1 aromatic carbocycles. The molecule has 0 atom stereocenters. The zero-order chi connectivity index (χ0) is 14.7. The Bertz CT molecular complexity index is 705. The van der Waals surface area contributed by atoms with Crippen molar-refractivity contribution in [3.05, 3.63) is 58.0 Å². The lowest BCUT2D eigenvalue weighted by Crippen LogP contribution is -2.27. The van der Waals surface area contributed by atoms with Gasteiger partial charge >= 0.3 is 0 Å². The molecule has 0 aliphatic carbocycles. The molecule has 0 spiro atoms. The predicted octanol–water partition coefficient (Wildman–Crippen LogP) is 1.69. The lowest BCUT2D eigenvalue weighted by molar-refractivity contribution is -0.116. The van der Waals surface area contributed by atoms with Crippen LogP contribution in [-0.4, -0.2) is 10.5 Å². The highest BCUT2D eigenvalue weighted by molar-refractivity contribution is 5.93. The molecule has 5 heteroatoms. The van der Waals surface area contributed by atoms with Crippen LogP contribution in [0.3, 0.4) is 0 Å². The van der Waals surface area contributed by atoms with Crippen molar-refractivity contribution in [2.75, 3.05) is 11.1 Å². The quantitative estimate of drug-likeness (QED) is 0.834. The van der Waals surface area contributed by atoms with Gasteiger partial charge in [0, 0.05) is 12.3 Å². The van der Waals surface area contributed by atoms with Gasteiger partial charge in [-0.05, 0) is 43.2 Å². The maximum atomic E-state index is 11.9. The van der Waals surface area contributed by atoms with E-state index in [2.05, 4.69) is 5.32 Å². The van der Waals surface area contributed by atoms with Gasteiger partial charge in [-0.15, -0.1) is 0 Å². The van der Waals surface area contributed by atoms with Crippen LogP contribution in [0.25, 0.3) is 0 Å². The normalized spacial score (nSPS) is 10.3. The van der Waals surface area contributed by atoms with Crippen molar-refractivity contribution < 1.29 is 4.79 Å². The lowest BCUT2D eigenvalue weighted by atomic mass is 10.2. The molecule has 2 aromatic rings. The Labute approximate surface area is 117 Å². The van der Waals surface area contributed by atoms with Crippen molar-refractivity contribution in [3.8, 4) is 0 Å². The standard InChI is InChI=1S/C15H17N3O2/c1-10-3-4-13(12(16)7-10)17-14(19)9-18-6-5-11(2)8-15(18)20/h3-8H,9,16H2,1-2H3,(H,17,19). The molecule has 0 saturated heterocycles. The van der Waals surface area contributed by atoms with Crippen LogP contribution >= 0.6 is 0 Å². The molecule has 20 heavy (non-hydrogen) atoms. The molecule has 0 aliphatic heterocycles. The summed E-state index contributed by atoms with van der Waals surface area (Å²) >= 11 is 0. The number of pyridine rings is 1. The minimum Gasteiger partial charge on any atom is -0.397 e. The Morgan fingerprint density at radius 3 is 2.55 bits per heavy atom. The first-order chi connectivity index (χ1) is 9.45. The number of benzene rings is 1. The van der Waals surface area contributed by atoms with E-state index < -0.39 is 0 Å². The molecule has 1 heterocycles. The first kappa shape index (κ1) is 13.9. The van der Waals surface area contributed by atoms with E-state index in [4.69, 9.17) is 5.73 Å². The summed E-state index contributed by atoms with van der Waals surface area (Å²) < 4.78 is 1.35. The average molecular weight is 271 g/mol. The summed E-state index contributed by atoms with van der Waals surface area (Å²) in [7, 11) is 0. The third-order valence-corrected chi connectivity index (χ3v) is 2.95. The van der Waals surface area contributed by atoms with Crippen LogP contribution in [0.1, 0.15) is 11.1 Å². The Morgan fingerprint density at radius 2 is 1.90 bits per heavy atom. The molecule has 0 radical (unpaired) electrons. The second kappa shape index (κ2) is 5.61. The second-order valence-corrected chi connectivity index (χ2v) is 4.81. The van der Waals surface area contributed by atoms with Gasteiger partial charge < -0.3 is 15.6 Å². The van der Waals surface area contributed by atoms with Crippen LogP contribution in [0.4, 0.5) is 11.4 Å². The largest absolute Gasteiger partial charge is 0.397 e. The molecule has 1 amide bonds. The van der Waals surface area contributed by atoms with Crippen molar-refractivity contribution in [1.82, 2.24) is 4.57 Å². The van der Waals surface area contributed by atoms with Gasteiger partial charge in [0.2, 0.25) is 5.91 Å². The van der Waals surface area contributed by atoms with E-state index in [1.807, 2.05) is 19.9 Å². The molecule has 0 unspecified atom stereocenters. The first-order valence-electron chi connectivity index (χ1n) is 6.29. The molecule has 0 saturated carbocycles. The van der Waals surface area contributed by atoms with Crippen molar-refractivity contribution in [1.29, 1.82) is 0 Å². The van der Waals surface area contributed by atoms with E-state index in [0.717, 1.165) is 11.1 Å². The van der Waals surface area contributed by atoms with Crippen LogP contribution < -0.4 is 16.6 Å².